The second kappa shape index (κ2) is 9.45. The molecule has 0 N–H and O–H groups in total. The summed E-state index contributed by atoms with van der Waals surface area (Å²) in [4.78, 5) is 32.2. The van der Waals surface area contributed by atoms with Gasteiger partial charge in [-0.2, -0.15) is 0 Å². The second-order valence-corrected chi connectivity index (χ2v) is 9.17. The van der Waals surface area contributed by atoms with E-state index in [0.29, 0.717) is 22.6 Å². The van der Waals surface area contributed by atoms with Crippen LogP contribution in [0.5, 0.6) is 11.5 Å². The summed E-state index contributed by atoms with van der Waals surface area (Å²) in [7, 11) is 4.90. The van der Waals surface area contributed by atoms with Gasteiger partial charge >= 0.3 is 0 Å². The standard InChI is InChI=1S/C25H30N2O4S/c1-26-23(16-8-10-17(32-4)11-9-16)22(25(29)27-12-6-5-7-13-27)18-14-20(30-2)21(31-3)15-19(18)24(26)28/h8-11,14-15,22-23H,5-7,12-13H2,1-4H3. The smallest absolute Gasteiger partial charge is 0.254 e. The molecule has 0 spiro atoms. The fraction of sp³-hybridized carbons (Fsp3) is 0.440. The van der Waals surface area contributed by atoms with E-state index in [9.17, 15) is 9.59 Å². The summed E-state index contributed by atoms with van der Waals surface area (Å²) in [6.07, 6.45) is 5.20. The first-order valence-corrected chi connectivity index (χ1v) is 12.2. The van der Waals surface area contributed by atoms with Gasteiger partial charge in [0.25, 0.3) is 5.91 Å². The van der Waals surface area contributed by atoms with E-state index < -0.39 is 12.0 Å². The number of likely N-dealkylation sites (tertiary alicyclic amines) is 1. The van der Waals surface area contributed by atoms with Crippen LogP contribution < -0.4 is 9.47 Å². The zero-order chi connectivity index (χ0) is 22.8. The van der Waals surface area contributed by atoms with Gasteiger partial charge in [-0.15, -0.1) is 11.8 Å². The molecular formula is C25H30N2O4S. The van der Waals surface area contributed by atoms with Crippen LogP contribution in [0.3, 0.4) is 0 Å². The molecule has 0 aromatic heterocycles. The van der Waals surface area contributed by atoms with Crippen molar-refractivity contribution in [3.8, 4) is 11.5 Å². The van der Waals surface area contributed by atoms with Crippen LogP contribution in [0.15, 0.2) is 41.3 Å². The zero-order valence-corrected chi connectivity index (χ0v) is 19.9. The van der Waals surface area contributed by atoms with E-state index in [1.807, 2.05) is 41.5 Å². The number of carbonyl (C=O) groups is 2. The van der Waals surface area contributed by atoms with Gasteiger partial charge in [0, 0.05) is 30.6 Å². The van der Waals surface area contributed by atoms with Crippen molar-refractivity contribution in [3.63, 3.8) is 0 Å². The van der Waals surface area contributed by atoms with Crippen LogP contribution in [-0.2, 0) is 4.79 Å². The number of hydrogen-bond acceptors (Lipinski definition) is 5. The fourth-order valence-electron chi connectivity index (χ4n) is 4.84. The second-order valence-electron chi connectivity index (χ2n) is 8.29. The Hall–Kier alpha value is -2.67. The third-order valence-electron chi connectivity index (χ3n) is 6.57. The highest BCUT2D eigenvalue weighted by Gasteiger charge is 2.45. The number of thioether (sulfide) groups is 1. The van der Waals surface area contributed by atoms with Gasteiger partial charge in [0.2, 0.25) is 5.91 Å². The maximum atomic E-state index is 13.9. The van der Waals surface area contributed by atoms with Crippen molar-refractivity contribution in [2.24, 2.45) is 0 Å². The number of benzene rings is 2. The third-order valence-corrected chi connectivity index (χ3v) is 7.31. The molecule has 170 valence electrons. The van der Waals surface area contributed by atoms with Crippen LogP contribution in [0.2, 0.25) is 0 Å². The largest absolute Gasteiger partial charge is 0.493 e. The first-order chi connectivity index (χ1) is 15.5. The van der Waals surface area contributed by atoms with Crippen molar-refractivity contribution in [2.45, 2.75) is 36.1 Å². The Morgan fingerprint density at radius 2 is 1.62 bits per heavy atom. The lowest BCUT2D eigenvalue weighted by Gasteiger charge is -2.42. The molecule has 1 saturated heterocycles. The van der Waals surface area contributed by atoms with Crippen LogP contribution in [0.25, 0.3) is 0 Å². The van der Waals surface area contributed by atoms with Crippen LogP contribution in [0.4, 0.5) is 0 Å². The van der Waals surface area contributed by atoms with E-state index in [4.69, 9.17) is 9.47 Å². The lowest BCUT2D eigenvalue weighted by Crippen LogP contribution is -2.48. The van der Waals surface area contributed by atoms with Crippen molar-refractivity contribution in [1.29, 1.82) is 0 Å². The van der Waals surface area contributed by atoms with Gasteiger partial charge in [-0.3, -0.25) is 9.59 Å². The number of likely N-dealkylation sites (N-methyl/N-ethyl adjacent to an activating group) is 1. The van der Waals surface area contributed by atoms with Crippen molar-refractivity contribution in [2.75, 3.05) is 40.6 Å². The number of amides is 2. The molecule has 2 unspecified atom stereocenters. The number of piperidine rings is 1. The van der Waals surface area contributed by atoms with Gasteiger partial charge in [0.1, 0.15) is 0 Å². The Kier molecular flexibility index (Phi) is 6.65. The molecule has 32 heavy (non-hydrogen) atoms. The molecule has 0 radical (unpaired) electrons. The number of ether oxygens (including phenoxy) is 2. The van der Waals surface area contributed by atoms with Crippen molar-refractivity contribution in [1.82, 2.24) is 9.80 Å². The highest BCUT2D eigenvalue weighted by Crippen LogP contribution is 2.46. The van der Waals surface area contributed by atoms with Crippen molar-refractivity contribution >= 4 is 23.6 Å². The quantitative estimate of drug-likeness (QED) is 0.629. The van der Waals surface area contributed by atoms with E-state index in [1.54, 1.807) is 44.0 Å². The lowest BCUT2D eigenvalue weighted by atomic mass is 9.78. The van der Waals surface area contributed by atoms with Gasteiger partial charge in [0.05, 0.1) is 26.2 Å². The molecular weight excluding hydrogens is 424 g/mol. The van der Waals surface area contributed by atoms with Crippen LogP contribution in [-0.4, -0.2) is 62.2 Å². The first kappa shape index (κ1) is 22.5. The number of fused-ring (bicyclic) bond motifs is 1. The molecule has 0 saturated carbocycles. The summed E-state index contributed by atoms with van der Waals surface area (Å²) in [5, 5.41) is 0. The normalized spacial score (nSPS) is 20.7. The molecule has 0 aliphatic carbocycles. The van der Waals surface area contributed by atoms with Crippen molar-refractivity contribution < 1.29 is 19.1 Å². The average molecular weight is 455 g/mol. The summed E-state index contributed by atoms with van der Waals surface area (Å²) >= 11 is 1.67. The highest BCUT2D eigenvalue weighted by atomic mass is 32.2. The molecule has 2 aromatic rings. The number of hydrogen-bond donors (Lipinski definition) is 0. The van der Waals surface area contributed by atoms with Crippen LogP contribution in [0.1, 0.15) is 52.7 Å². The average Bonchev–Trinajstić information content (AvgIpc) is 2.85. The van der Waals surface area contributed by atoms with Gasteiger partial charge in [-0.05, 0) is 60.9 Å². The molecule has 2 atom stereocenters. The van der Waals surface area contributed by atoms with E-state index in [1.165, 1.54) is 0 Å². The Morgan fingerprint density at radius 3 is 2.22 bits per heavy atom. The van der Waals surface area contributed by atoms with E-state index in [0.717, 1.165) is 42.8 Å². The molecule has 1 fully saturated rings. The topological polar surface area (TPSA) is 59.1 Å². The van der Waals surface area contributed by atoms with Crippen LogP contribution >= 0.6 is 11.8 Å². The Morgan fingerprint density at radius 1 is 1.00 bits per heavy atom. The molecule has 2 amide bonds. The molecule has 2 aromatic carbocycles. The molecule has 2 aliphatic heterocycles. The van der Waals surface area contributed by atoms with Gasteiger partial charge in [0.15, 0.2) is 11.5 Å². The first-order valence-electron chi connectivity index (χ1n) is 11.0. The summed E-state index contributed by atoms with van der Waals surface area (Å²) in [5.74, 6) is 0.446. The number of rotatable bonds is 5. The molecule has 7 heteroatoms. The van der Waals surface area contributed by atoms with Gasteiger partial charge < -0.3 is 19.3 Å². The summed E-state index contributed by atoms with van der Waals surface area (Å²) in [5.41, 5.74) is 2.16. The molecule has 2 aliphatic rings. The molecule has 6 nitrogen and oxygen atoms in total. The monoisotopic (exact) mass is 454 g/mol. The maximum absolute atomic E-state index is 13.9. The Labute approximate surface area is 193 Å². The highest BCUT2D eigenvalue weighted by molar-refractivity contribution is 7.98. The maximum Gasteiger partial charge on any atom is 0.254 e. The summed E-state index contributed by atoms with van der Waals surface area (Å²) < 4.78 is 11.0. The van der Waals surface area contributed by atoms with E-state index in [-0.39, 0.29) is 11.8 Å². The zero-order valence-electron chi connectivity index (χ0n) is 19.1. The minimum absolute atomic E-state index is 0.0662. The number of methoxy groups -OCH3 is 2. The predicted octanol–water partition coefficient (Wildman–Crippen LogP) is 4.35. The SMILES string of the molecule is COc1cc2c(cc1OC)C(C(=O)N1CCCCC1)C(c1ccc(SC)cc1)N(C)C2=O. The molecule has 0 bridgehead atoms. The number of carbonyl (C=O) groups excluding carboxylic acids is 2. The Bertz CT molecular complexity index is 1000. The minimum Gasteiger partial charge on any atom is -0.493 e. The predicted molar refractivity (Wildman–Crippen MR) is 126 cm³/mol. The summed E-state index contributed by atoms with van der Waals surface area (Å²) in [6, 6.07) is 11.3. The van der Waals surface area contributed by atoms with Crippen molar-refractivity contribution in [3.05, 3.63) is 53.1 Å². The van der Waals surface area contributed by atoms with Crippen LogP contribution in [0, 0.1) is 0 Å². The van der Waals surface area contributed by atoms with E-state index in [2.05, 4.69) is 0 Å². The molecule has 2 heterocycles. The van der Waals surface area contributed by atoms with Gasteiger partial charge in [-0.1, -0.05) is 12.1 Å². The number of nitrogens with zero attached hydrogens (tertiary/aromatic N) is 2. The fourth-order valence-corrected chi connectivity index (χ4v) is 5.25. The summed E-state index contributed by atoms with van der Waals surface area (Å²) in [6.45, 7) is 1.52. The Balaban J connectivity index is 1.88. The lowest BCUT2D eigenvalue weighted by molar-refractivity contribution is -0.135. The van der Waals surface area contributed by atoms with E-state index >= 15 is 0 Å². The molecule has 4 rings (SSSR count). The minimum atomic E-state index is -0.509. The van der Waals surface area contributed by atoms with Gasteiger partial charge in [-0.25, -0.2) is 0 Å². The third kappa shape index (κ3) is 3.94.